The van der Waals surface area contributed by atoms with Crippen LogP contribution in [0.1, 0.15) is 17.3 Å². The van der Waals surface area contributed by atoms with E-state index in [2.05, 4.69) is 10.2 Å². The summed E-state index contributed by atoms with van der Waals surface area (Å²) in [5.74, 6) is 2.20. The molecule has 1 aromatic heterocycles. The molecule has 3 aromatic rings. The number of rotatable bonds is 8. The van der Waals surface area contributed by atoms with E-state index < -0.39 is 0 Å². The first kappa shape index (κ1) is 19.8. The Bertz CT molecular complexity index is 955. The van der Waals surface area contributed by atoms with Gasteiger partial charge in [-0.05, 0) is 43.3 Å². The van der Waals surface area contributed by atoms with E-state index in [0.29, 0.717) is 39.5 Å². The fraction of sp³-hybridized carbons (Fsp3) is 0.250. The lowest BCUT2D eigenvalue weighted by Gasteiger charge is -2.08. The third-order valence-corrected chi connectivity index (χ3v) is 5.00. The largest absolute Gasteiger partial charge is 0.497 e. The van der Waals surface area contributed by atoms with Crippen molar-refractivity contribution < 1.29 is 23.4 Å². The zero-order chi connectivity index (χ0) is 20.1. The van der Waals surface area contributed by atoms with E-state index in [1.807, 2.05) is 0 Å². The monoisotopic (exact) mass is 400 g/mol. The number of nitrogens with zero attached hydrogens (tertiary/aromatic N) is 2. The zero-order valence-corrected chi connectivity index (χ0v) is 16.8. The molecule has 0 radical (unpaired) electrons. The first-order chi connectivity index (χ1) is 13.5. The maximum absolute atomic E-state index is 12.6. The maximum atomic E-state index is 12.6. The molecule has 0 saturated carbocycles. The van der Waals surface area contributed by atoms with Gasteiger partial charge in [0.05, 0.1) is 32.1 Å². The smallest absolute Gasteiger partial charge is 0.277 e. The summed E-state index contributed by atoms with van der Waals surface area (Å²) in [6.07, 6.45) is 0. The van der Waals surface area contributed by atoms with Crippen molar-refractivity contribution in [3.8, 4) is 28.7 Å². The summed E-state index contributed by atoms with van der Waals surface area (Å²) >= 11 is 1.21. The standard InChI is InChI=1S/C20H20N2O5S/c1-12(18(23)13-5-7-14(24-2)8-6-13)28-20-22-21-19(27-20)16-10-9-15(25-3)11-17(16)26-4/h5-12H,1-4H3/t12-/m0/s1. The highest BCUT2D eigenvalue weighted by Crippen LogP contribution is 2.34. The minimum absolute atomic E-state index is 0.0329. The van der Waals surface area contributed by atoms with Crippen LogP contribution in [0.4, 0.5) is 0 Å². The van der Waals surface area contributed by atoms with Crippen LogP contribution in [0.25, 0.3) is 11.5 Å². The van der Waals surface area contributed by atoms with Crippen molar-refractivity contribution >= 4 is 17.5 Å². The molecule has 0 aliphatic rings. The summed E-state index contributed by atoms with van der Waals surface area (Å²) in [6.45, 7) is 1.80. The summed E-state index contributed by atoms with van der Waals surface area (Å²) in [7, 11) is 4.72. The highest BCUT2D eigenvalue weighted by molar-refractivity contribution is 8.00. The quantitative estimate of drug-likeness (QED) is 0.412. The van der Waals surface area contributed by atoms with Crippen LogP contribution in [-0.2, 0) is 0 Å². The second kappa shape index (κ2) is 8.79. The molecule has 2 aromatic carbocycles. The molecule has 3 rings (SSSR count). The van der Waals surface area contributed by atoms with Crippen LogP contribution < -0.4 is 14.2 Å². The van der Waals surface area contributed by atoms with E-state index in [1.165, 1.54) is 11.8 Å². The number of methoxy groups -OCH3 is 3. The van der Waals surface area contributed by atoms with Crippen LogP contribution in [0.2, 0.25) is 0 Å². The Kier molecular flexibility index (Phi) is 6.20. The van der Waals surface area contributed by atoms with Crippen molar-refractivity contribution in [2.45, 2.75) is 17.4 Å². The Hall–Kier alpha value is -3.00. The first-order valence-electron chi connectivity index (χ1n) is 8.46. The highest BCUT2D eigenvalue weighted by Gasteiger charge is 2.21. The van der Waals surface area contributed by atoms with E-state index in [1.54, 1.807) is 70.7 Å². The average Bonchev–Trinajstić information content (AvgIpc) is 3.20. The molecule has 28 heavy (non-hydrogen) atoms. The molecule has 8 heteroatoms. The third kappa shape index (κ3) is 4.28. The molecule has 0 spiro atoms. The van der Waals surface area contributed by atoms with Crippen molar-refractivity contribution in [3.05, 3.63) is 48.0 Å². The SMILES string of the molecule is COc1ccc(C(=O)[C@H](C)Sc2nnc(-c3ccc(OC)cc3OC)o2)cc1. The number of benzene rings is 2. The predicted molar refractivity (Wildman–Crippen MR) is 105 cm³/mol. The lowest BCUT2D eigenvalue weighted by Crippen LogP contribution is -2.13. The van der Waals surface area contributed by atoms with Gasteiger partial charge in [-0.1, -0.05) is 11.8 Å². The maximum Gasteiger partial charge on any atom is 0.277 e. The minimum Gasteiger partial charge on any atom is -0.497 e. The molecule has 0 aliphatic carbocycles. The van der Waals surface area contributed by atoms with Crippen molar-refractivity contribution in [2.24, 2.45) is 0 Å². The van der Waals surface area contributed by atoms with Gasteiger partial charge in [0.1, 0.15) is 17.2 Å². The number of aromatic nitrogens is 2. The molecule has 146 valence electrons. The number of ether oxygens (including phenoxy) is 3. The van der Waals surface area contributed by atoms with Gasteiger partial charge in [0.25, 0.3) is 11.1 Å². The van der Waals surface area contributed by atoms with Crippen molar-refractivity contribution in [2.75, 3.05) is 21.3 Å². The molecule has 0 fully saturated rings. The summed E-state index contributed by atoms with van der Waals surface area (Å²) in [4.78, 5) is 12.6. The number of carbonyl (C=O) groups is 1. The number of carbonyl (C=O) groups excluding carboxylic acids is 1. The Morgan fingerprint density at radius 3 is 2.29 bits per heavy atom. The van der Waals surface area contributed by atoms with Gasteiger partial charge in [-0.3, -0.25) is 4.79 Å². The normalized spacial score (nSPS) is 11.7. The molecule has 0 aliphatic heterocycles. The fourth-order valence-corrected chi connectivity index (χ4v) is 3.30. The molecule has 0 bridgehead atoms. The molecular weight excluding hydrogens is 380 g/mol. The van der Waals surface area contributed by atoms with Gasteiger partial charge in [-0.25, -0.2) is 0 Å². The lowest BCUT2D eigenvalue weighted by molar-refractivity contribution is 0.0993. The van der Waals surface area contributed by atoms with E-state index in [0.717, 1.165) is 0 Å². The first-order valence-corrected chi connectivity index (χ1v) is 9.34. The van der Waals surface area contributed by atoms with Crippen LogP contribution in [-0.4, -0.2) is 42.6 Å². The summed E-state index contributed by atoms with van der Waals surface area (Å²) in [6, 6.07) is 12.3. The number of ketones is 1. The average molecular weight is 400 g/mol. The van der Waals surface area contributed by atoms with Crippen LogP contribution in [0.3, 0.4) is 0 Å². The summed E-state index contributed by atoms with van der Waals surface area (Å²) in [5, 5.41) is 8.03. The Morgan fingerprint density at radius 2 is 1.64 bits per heavy atom. The van der Waals surface area contributed by atoms with Gasteiger partial charge in [-0.2, -0.15) is 0 Å². The van der Waals surface area contributed by atoms with Crippen LogP contribution in [0, 0.1) is 0 Å². The van der Waals surface area contributed by atoms with E-state index in [9.17, 15) is 4.79 Å². The van der Waals surface area contributed by atoms with Gasteiger partial charge in [0.15, 0.2) is 5.78 Å². The Labute approximate surface area is 167 Å². The topological polar surface area (TPSA) is 83.7 Å². The van der Waals surface area contributed by atoms with Crippen LogP contribution in [0.15, 0.2) is 52.1 Å². The Morgan fingerprint density at radius 1 is 0.964 bits per heavy atom. The van der Waals surface area contributed by atoms with Crippen molar-refractivity contribution in [3.63, 3.8) is 0 Å². The van der Waals surface area contributed by atoms with Crippen LogP contribution in [0.5, 0.6) is 17.2 Å². The zero-order valence-electron chi connectivity index (χ0n) is 16.0. The molecule has 1 heterocycles. The van der Waals surface area contributed by atoms with E-state index in [4.69, 9.17) is 18.6 Å². The number of Topliss-reactive ketones (excluding diaryl/α,β-unsaturated/α-hetero) is 1. The highest BCUT2D eigenvalue weighted by atomic mass is 32.2. The number of hydrogen-bond acceptors (Lipinski definition) is 8. The van der Waals surface area contributed by atoms with Gasteiger partial charge >= 0.3 is 0 Å². The molecular formula is C20H20N2O5S. The molecule has 0 saturated heterocycles. The molecule has 7 nitrogen and oxygen atoms in total. The third-order valence-electron chi connectivity index (χ3n) is 4.07. The van der Waals surface area contributed by atoms with Gasteiger partial charge < -0.3 is 18.6 Å². The summed E-state index contributed by atoms with van der Waals surface area (Å²) < 4.78 is 21.4. The van der Waals surface area contributed by atoms with Gasteiger partial charge in [0.2, 0.25) is 0 Å². The van der Waals surface area contributed by atoms with Crippen molar-refractivity contribution in [1.29, 1.82) is 0 Å². The van der Waals surface area contributed by atoms with Gasteiger partial charge in [-0.15, -0.1) is 10.2 Å². The minimum atomic E-state index is -0.389. The lowest BCUT2D eigenvalue weighted by atomic mass is 10.1. The van der Waals surface area contributed by atoms with Crippen molar-refractivity contribution in [1.82, 2.24) is 10.2 Å². The molecule has 1 atom stereocenters. The molecule has 0 unspecified atom stereocenters. The second-order valence-electron chi connectivity index (χ2n) is 5.79. The number of thioether (sulfide) groups is 1. The van der Waals surface area contributed by atoms with E-state index in [-0.39, 0.29) is 11.0 Å². The second-order valence-corrected chi connectivity index (χ2v) is 7.08. The van der Waals surface area contributed by atoms with Gasteiger partial charge in [0, 0.05) is 11.6 Å². The molecule has 0 N–H and O–H groups in total. The van der Waals surface area contributed by atoms with Crippen LogP contribution >= 0.6 is 11.8 Å². The van der Waals surface area contributed by atoms with E-state index >= 15 is 0 Å². The Balaban J connectivity index is 1.74. The fourth-order valence-electron chi connectivity index (χ4n) is 2.54. The summed E-state index contributed by atoms with van der Waals surface area (Å²) in [5.41, 5.74) is 1.24. The predicted octanol–water partition coefficient (Wildman–Crippen LogP) is 4.13. The number of hydrogen-bond donors (Lipinski definition) is 0. The molecule has 0 amide bonds.